The molecule has 1 amide bonds. The van der Waals surface area contributed by atoms with Crippen LogP contribution in [0.15, 0.2) is 61.2 Å². The minimum absolute atomic E-state index is 0.0369. The van der Waals surface area contributed by atoms with E-state index in [1.807, 2.05) is 36.4 Å². The molecule has 114 valence electrons. The van der Waals surface area contributed by atoms with E-state index in [0.717, 1.165) is 17.7 Å². The molecule has 0 heterocycles. The summed E-state index contributed by atoms with van der Waals surface area (Å²) in [7, 11) is 0. The Hall–Kier alpha value is -2.55. The predicted octanol–water partition coefficient (Wildman–Crippen LogP) is 4.00. The van der Waals surface area contributed by atoms with Crippen LogP contribution in [0.4, 0.5) is 5.69 Å². The van der Waals surface area contributed by atoms with Gasteiger partial charge >= 0.3 is 0 Å². The summed E-state index contributed by atoms with van der Waals surface area (Å²) in [5.41, 5.74) is 3.02. The average Bonchev–Trinajstić information content (AvgIpc) is 2.54. The minimum atomic E-state index is -0.0369. The van der Waals surface area contributed by atoms with Gasteiger partial charge in [0.1, 0.15) is 12.4 Å². The van der Waals surface area contributed by atoms with Gasteiger partial charge in [0.2, 0.25) is 5.91 Å². The lowest BCUT2D eigenvalue weighted by Gasteiger charge is -2.08. The van der Waals surface area contributed by atoms with Crippen molar-refractivity contribution in [2.45, 2.75) is 19.8 Å². The van der Waals surface area contributed by atoms with Crippen molar-refractivity contribution in [2.75, 3.05) is 11.9 Å². The molecule has 2 aromatic rings. The number of hydrogen-bond donors (Lipinski definition) is 1. The van der Waals surface area contributed by atoms with Gasteiger partial charge in [-0.05, 0) is 29.7 Å². The van der Waals surface area contributed by atoms with E-state index < -0.39 is 0 Å². The van der Waals surface area contributed by atoms with E-state index in [-0.39, 0.29) is 5.91 Å². The van der Waals surface area contributed by atoms with Crippen LogP contribution < -0.4 is 10.1 Å². The van der Waals surface area contributed by atoms with Gasteiger partial charge in [0.05, 0.1) is 6.42 Å². The fraction of sp³-hybridized carbons (Fsp3) is 0.211. The van der Waals surface area contributed by atoms with E-state index in [1.54, 1.807) is 6.08 Å². The van der Waals surface area contributed by atoms with E-state index in [0.29, 0.717) is 18.8 Å². The number of hydrogen-bond acceptors (Lipinski definition) is 2. The number of carbonyl (C=O) groups is 1. The predicted molar refractivity (Wildman–Crippen MR) is 90.3 cm³/mol. The van der Waals surface area contributed by atoms with Crippen molar-refractivity contribution in [2.24, 2.45) is 0 Å². The SMILES string of the molecule is C=CCOc1cccc(NC(=O)Cc2ccc(CC)cc2)c1. The van der Waals surface area contributed by atoms with Crippen LogP contribution in [0.3, 0.4) is 0 Å². The summed E-state index contributed by atoms with van der Waals surface area (Å²) in [6.07, 6.45) is 3.05. The lowest BCUT2D eigenvalue weighted by atomic mass is 10.1. The summed E-state index contributed by atoms with van der Waals surface area (Å²) >= 11 is 0. The molecule has 1 N–H and O–H groups in total. The number of ether oxygens (including phenoxy) is 1. The van der Waals surface area contributed by atoms with Gasteiger partial charge in [0, 0.05) is 11.8 Å². The summed E-state index contributed by atoms with van der Waals surface area (Å²) in [5, 5.41) is 2.89. The molecule has 0 spiro atoms. The Labute approximate surface area is 131 Å². The number of benzene rings is 2. The number of aryl methyl sites for hydroxylation is 1. The van der Waals surface area contributed by atoms with Crippen LogP contribution in [0.25, 0.3) is 0 Å². The Bertz CT molecular complexity index is 632. The van der Waals surface area contributed by atoms with Gasteiger partial charge in [0.25, 0.3) is 0 Å². The van der Waals surface area contributed by atoms with Crippen LogP contribution in [0, 0.1) is 0 Å². The largest absolute Gasteiger partial charge is 0.489 e. The van der Waals surface area contributed by atoms with Crippen molar-refractivity contribution in [3.8, 4) is 5.75 Å². The molecule has 3 heteroatoms. The Balaban J connectivity index is 1.94. The average molecular weight is 295 g/mol. The highest BCUT2D eigenvalue weighted by atomic mass is 16.5. The number of amides is 1. The van der Waals surface area contributed by atoms with E-state index in [2.05, 4.69) is 31.0 Å². The van der Waals surface area contributed by atoms with E-state index in [4.69, 9.17) is 4.74 Å². The van der Waals surface area contributed by atoms with Crippen molar-refractivity contribution in [1.29, 1.82) is 0 Å². The molecule has 0 bridgehead atoms. The molecular formula is C19H21NO2. The van der Waals surface area contributed by atoms with Crippen LogP contribution in [-0.2, 0) is 17.6 Å². The third kappa shape index (κ3) is 4.77. The molecule has 22 heavy (non-hydrogen) atoms. The summed E-state index contributed by atoms with van der Waals surface area (Å²) in [5.74, 6) is 0.676. The van der Waals surface area contributed by atoms with Gasteiger partial charge in [0.15, 0.2) is 0 Å². The maximum absolute atomic E-state index is 12.1. The van der Waals surface area contributed by atoms with Crippen molar-refractivity contribution in [3.05, 3.63) is 72.3 Å². The number of rotatable bonds is 7. The Morgan fingerprint density at radius 2 is 1.91 bits per heavy atom. The van der Waals surface area contributed by atoms with E-state index in [1.165, 1.54) is 5.56 Å². The molecule has 0 fully saturated rings. The van der Waals surface area contributed by atoms with Crippen LogP contribution >= 0.6 is 0 Å². The molecule has 0 aliphatic carbocycles. The molecular weight excluding hydrogens is 274 g/mol. The highest BCUT2D eigenvalue weighted by Gasteiger charge is 2.05. The first-order chi connectivity index (χ1) is 10.7. The number of carbonyl (C=O) groups excluding carboxylic acids is 1. The molecule has 0 atom stereocenters. The monoisotopic (exact) mass is 295 g/mol. The third-order valence-electron chi connectivity index (χ3n) is 3.28. The minimum Gasteiger partial charge on any atom is -0.489 e. The molecule has 0 aliphatic rings. The maximum atomic E-state index is 12.1. The molecule has 0 saturated heterocycles. The summed E-state index contributed by atoms with van der Waals surface area (Å²) in [4.78, 5) is 12.1. The lowest BCUT2D eigenvalue weighted by Crippen LogP contribution is -2.14. The quantitative estimate of drug-likeness (QED) is 0.784. The number of nitrogens with one attached hydrogen (secondary N) is 1. The van der Waals surface area contributed by atoms with Crippen molar-refractivity contribution in [3.63, 3.8) is 0 Å². The standard InChI is InChI=1S/C19H21NO2/c1-3-12-22-18-7-5-6-17(14-18)20-19(21)13-16-10-8-15(4-2)9-11-16/h3,5-11,14H,1,4,12-13H2,2H3,(H,20,21). The Kier molecular flexibility index (Phi) is 5.78. The molecule has 0 radical (unpaired) electrons. The van der Waals surface area contributed by atoms with Gasteiger partial charge in [-0.25, -0.2) is 0 Å². The third-order valence-corrected chi connectivity index (χ3v) is 3.28. The second-order valence-corrected chi connectivity index (χ2v) is 5.02. The van der Waals surface area contributed by atoms with Crippen molar-refractivity contribution >= 4 is 11.6 Å². The van der Waals surface area contributed by atoms with Gasteiger partial charge in [-0.15, -0.1) is 0 Å². The Morgan fingerprint density at radius 3 is 2.59 bits per heavy atom. The lowest BCUT2D eigenvalue weighted by molar-refractivity contribution is -0.115. The zero-order valence-corrected chi connectivity index (χ0v) is 12.8. The first-order valence-corrected chi connectivity index (χ1v) is 7.42. The second-order valence-electron chi connectivity index (χ2n) is 5.02. The zero-order chi connectivity index (χ0) is 15.8. The molecule has 0 aliphatic heterocycles. The van der Waals surface area contributed by atoms with Crippen molar-refractivity contribution < 1.29 is 9.53 Å². The van der Waals surface area contributed by atoms with E-state index >= 15 is 0 Å². The van der Waals surface area contributed by atoms with Crippen LogP contribution in [0.5, 0.6) is 5.75 Å². The van der Waals surface area contributed by atoms with Gasteiger partial charge in [-0.3, -0.25) is 4.79 Å². The smallest absolute Gasteiger partial charge is 0.228 e. The first-order valence-electron chi connectivity index (χ1n) is 7.42. The van der Waals surface area contributed by atoms with E-state index in [9.17, 15) is 4.79 Å². The fourth-order valence-corrected chi connectivity index (χ4v) is 2.10. The summed E-state index contributed by atoms with van der Waals surface area (Å²) in [6, 6.07) is 15.5. The molecule has 3 nitrogen and oxygen atoms in total. The zero-order valence-electron chi connectivity index (χ0n) is 12.8. The summed E-state index contributed by atoms with van der Waals surface area (Å²) < 4.78 is 5.45. The Morgan fingerprint density at radius 1 is 1.18 bits per heavy atom. The molecule has 2 aromatic carbocycles. The van der Waals surface area contributed by atoms with Gasteiger partial charge in [-0.2, -0.15) is 0 Å². The highest BCUT2D eigenvalue weighted by molar-refractivity contribution is 5.92. The second kappa shape index (κ2) is 8.03. The van der Waals surface area contributed by atoms with Crippen LogP contribution in [0.1, 0.15) is 18.1 Å². The highest BCUT2D eigenvalue weighted by Crippen LogP contribution is 2.17. The molecule has 0 aromatic heterocycles. The fourth-order valence-electron chi connectivity index (χ4n) is 2.10. The normalized spacial score (nSPS) is 10.0. The first kappa shape index (κ1) is 15.8. The number of anilines is 1. The van der Waals surface area contributed by atoms with Crippen LogP contribution in [-0.4, -0.2) is 12.5 Å². The molecule has 2 rings (SSSR count). The molecule has 0 saturated carbocycles. The van der Waals surface area contributed by atoms with Gasteiger partial charge in [-0.1, -0.05) is 49.9 Å². The molecule has 0 unspecified atom stereocenters. The van der Waals surface area contributed by atoms with Gasteiger partial charge < -0.3 is 10.1 Å². The van der Waals surface area contributed by atoms with Crippen LogP contribution in [0.2, 0.25) is 0 Å². The summed E-state index contributed by atoms with van der Waals surface area (Å²) in [6.45, 7) is 6.17. The van der Waals surface area contributed by atoms with Crippen molar-refractivity contribution in [1.82, 2.24) is 0 Å². The topological polar surface area (TPSA) is 38.3 Å². The maximum Gasteiger partial charge on any atom is 0.228 e.